The molecule has 1 aromatic rings. The normalized spacial score (nSPS) is 13.3. The van der Waals surface area contributed by atoms with E-state index in [1.165, 1.54) is 6.07 Å². The molecule has 1 aromatic carbocycles. The Morgan fingerprint density at radius 1 is 1.38 bits per heavy atom. The molecule has 0 fully saturated rings. The van der Waals surface area contributed by atoms with Crippen molar-refractivity contribution in [2.24, 2.45) is 0 Å². The Bertz CT molecular complexity index is 522. The molecule has 0 aliphatic rings. The van der Waals surface area contributed by atoms with Gasteiger partial charge in [0.1, 0.15) is 5.82 Å². The number of aryl methyl sites for hydroxylation is 1. The third kappa shape index (κ3) is 5.39. The maximum Gasteiger partial charge on any atom is 0.332 e. The minimum atomic E-state index is -1.51. The highest BCUT2D eigenvalue weighted by Crippen LogP contribution is 2.16. The maximum absolute atomic E-state index is 13.4. The summed E-state index contributed by atoms with van der Waals surface area (Å²) in [6.45, 7) is 3.38. The van der Waals surface area contributed by atoms with Gasteiger partial charge in [-0.2, -0.15) is 0 Å². The Morgan fingerprint density at radius 3 is 2.62 bits per heavy atom. The lowest BCUT2D eigenvalue weighted by atomic mass is 10.1. The first-order valence-corrected chi connectivity index (χ1v) is 6.52. The zero-order valence-corrected chi connectivity index (χ0v) is 11.9. The van der Waals surface area contributed by atoms with Crippen molar-refractivity contribution >= 4 is 12.0 Å². The number of hydrogen-bond donors (Lipinski definition) is 4. The van der Waals surface area contributed by atoms with Crippen LogP contribution in [0, 0.1) is 12.7 Å². The third-order valence-corrected chi connectivity index (χ3v) is 3.03. The molecule has 0 radical (unpaired) electrons. The molecule has 0 aliphatic carbocycles. The third-order valence-electron chi connectivity index (χ3n) is 3.03. The summed E-state index contributed by atoms with van der Waals surface area (Å²) in [6, 6.07) is 3.79. The molecule has 0 heterocycles. The van der Waals surface area contributed by atoms with Crippen molar-refractivity contribution < 1.29 is 24.2 Å². The van der Waals surface area contributed by atoms with Crippen molar-refractivity contribution in [2.45, 2.75) is 32.4 Å². The number of carboxylic acid groups (broad SMARTS) is 1. The summed E-state index contributed by atoms with van der Waals surface area (Å²) in [7, 11) is 0. The smallest absolute Gasteiger partial charge is 0.332 e. The van der Waals surface area contributed by atoms with Crippen LogP contribution in [0.25, 0.3) is 0 Å². The zero-order chi connectivity index (χ0) is 16.0. The Morgan fingerprint density at radius 2 is 2.05 bits per heavy atom. The highest BCUT2D eigenvalue weighted by molar-refractivity contribution is 5.75. The van der Waals surface area contributed by atoms with E-state index in [0.29, 0.717) is 11.1 Å². The molecule has 2 amide bonds. The molecule has 0 aromatic heterocycles. The molecule has 1 rings (SSSR count). The molecule has 7 heteroatoms. The topological polar surface area (TPSA) is 98.7 Å². The van der Waals surface area contributed by atoms with Gasteiger partial charge in [-0.15, -0.1) is 0 Å². The fourth-order valence-electron chi connectivity index (χ4n) is 1.66. The quantitative estimate of drug-likeness (QED) is 0.636. The molecule has 2 atom stereocenters. The fraction of sp³-hybridized carbons (Fsp3) is 0.429. The van der Waals surface area contributed by atoms with Gasteiger partial charge < -0.3 is 20.8 Å². The highest BCUT2D eigenvalue weighted by atomic mass is 19.1. The summed E-state index contributed by atoms with van der Waals surface area (Å²) < 4.78 is 13.4. The highest BCUT2D eigenvalue weighted by Gasteiger charge is 2.14. The second-order valence-electron chi connectivity index (χ2n) is 4.77. The molecule has 2 unspecified atom stereocenters. The van der Waals surface area contributed by atoms with E-state index in [0.717, 1.165) is 0 Å². The van der Waals surface area contributed by atoms with E-state index in [2.05, 4.69) is 10.6 Å². The standard InChI is InChI=1S/C14H19FN2O4/c1-8-3-4-10(7-11(8)15)9(2)17-14(21)16-6-5-12(18)13(19)20/h3-4,7,9,12,18H,5-6H2,1-2H3,(H,19,20)(H2,16,17,21). The van der Waals surface area contributed by atoms with E-state index in [1.807, 2.05) is 0 Å². The van der Waals surface area contributed by atoms with Gasteiger partial charge in [0.15, 0.2) is 6.10 Å². The number of benzene rings is 1. The number of aliphatic hydroxyl groups is 1. The van der Waals surface area contributed by atoms with Gasteiger partial charge in [-0.3, -0.25) is 0 Å². The van der Waals surface area contributed by atoms with Crippen LogP contribution in [0.4, 0.5) is 9.18 Å². The number of halogens is 1. The zero-order valence-electron chi connectivity index (χ0n) is 11.9. The number of amides is 2. The first kappa shape index (κ1) is 16.9. The monoisotopic (exact) mass is 298 g/mol. The summed E-state index contributed by atoms with van der Waals surface area (Å²) in [5.74, 6) is -1.67. The molecule has 4 N–H and O–H groups in total. The average molecular weight is 298 g/mol. The summed E-state index contributed by atoms with van der Waals surface area (Å²) in [5.41, 5.74) is 1.15. The maximum atomic E-state index is 13.4. The van der Waals surface area contributed by atoms with Crippen molar-refractivity contribution in [1.82, 2.24) is 10.6 Å². The van der Waals surface area contributed by atoms with E-state index in [-0.39, 0.29) is 18.8 Å². The molecular weight excluding hydrogens is 279 g/mol. The van der Waals surface area contributed by atoms with Gasteiger partial charge in [0.2, 0.25) is 0 Å². The van der Waals surface area contributed by atoms with Crippen molar-refractivity contribution in [3.8, 4) is 0 Å². The van der Waals surface area contributed by atoms with Crippen molar-refractivity contribution in [3.05, 3.63) is 35.1 Å². The summed E-state index contributed by atoms with van der Waals surface area (Å²) in [6.07, 6.45) is -1.59. The van der Waals surface area contributed by atoms with Crippen molar-refractivity contribution in [2.75, 3.05) is 6.54 Å². The van der Waals surface area contributed by atoms with Crippen molar-refractivity contribution in [1.29, 1.82) is 0 Å². The van der Waals surface area contributed by atoms with Crippen LogP contribution in [0.5, 0.6) is 0 Å². The van der Waals surface area contributed by atoms with Crippen LogP contribution in [0.2, 0.25) is 0 Å². The number of hydrogen-bond acceptors (Lipinski definition) is 3. The van der Waals surface area contributed by atoms with Crippen LogP contribution in [0.1, 0.15) is 30.5 Å². The molecule has 6 nitrogen and oxygen atoms in total. The van der Waals surface area contributed by atoms with Gasteiger partial charge in [0.05, 0.1) is 6.04 Å². The molecule has 0 spiro atoms. The lowest BCUT2D eigenvalue weighted by molar-refractivity contribution is -0.146. The summed E-state index contributed by atoms with van der Waals surface area (Å²) in [5, 5.41) is 22.5. The van der Waals surface area contributed by atoms with E-state index >= 15 is 0 Å². The number of rotatable bonds is 6. The van der Waals surface area contributed by atoms with Gasteiger partial charge in [0.25, 0.3) is 0 Å². The van der Waals surface area contributed by atoms with E-state index in [9.17, 15) is 14.0 Å². The van der Waals surface area contributed by atoms with Gasteiger partial charge in [-0.25, -0.2) is 14.0 Å². The minimum absolute atomic E-state index is 0.0221. The number of carbonyl (C=O) groups is 2. The first-order chi connectivity index (χ1) is 9.81. The molecule has 0 saturated carbocycles. The lowest BCUT2D eigenvalue weighted by Crippen LogP contribution is -2.39. The van der Waals surface area contributed by atoms with Crippen LogP contribution in [0.15, 0.2) is 18.2 Å². The Balaban J connectivity index is 2.43. The number of nitrogens with one attached hydrogen (secondary N) is 2. The van der Waals surface area contributed by atoms with Crippen LogP contribution < -0.4 is 10.6 Å². The molecule has 0 aliphatic heterocycles. The predicted octanol–water partition coefficient (Wildman–Crippen LogP) is 1.33. The van der Waals surface area contributed by atoms with Crippen molar-refractivity contribution in [3.63, 3.8) is 0 Å². The predicted molar refractivity (Wildman–Crippen MR) is 74.3 cm³/mol. The molecule has 21 heavy (non-hydrogen) atoms. The number of aliphatic carboxylic acids is 1. The number of urea groups is 1. The largest absolute Gasteiger partial charge is 0.479 e. The van der Waals surface area contributed by atoms with Gasteiger partial charge in [0, 0.05) is 13.0 Å². The fourth-order valence-corrected chi connectivity index (χ4v) is 1.66. The summed E-state index contributed by atoms with van der Waals surface area (Å²) >= 11 is 0. The Labute approximate surface area is 122 Å². The number of aliphatic hydroxyl groups excluding tert-OH is 1. The number of carbonyl (C=O) groups excluding carboxylic acids is 1. The van der Waals surface area contributed by atoms with E-state index in [1.54, 1.807) is 26.0 Å². The van der Waals surface area contributed by atoms with Crippen LogP contribution >= 0.6 is 0 Å². The van der Waals surface area contributed by atoms with Gasteiger partial charge in [-0.05, 0) is 31.0 Å². The van der Waals surface area contributed by atoms with Crippen LogP contribution in [0.3, 0.4) is 0 Å². The second kappa shape index (κ2) is 7.58. The molecule has 0 saturated heterocycles. The Hall–Kier alpha value is -2.15. The lowest BCUT2D eigenvalue weighted by Gasteiger charge is -2.16. The van der Waals surface area contributed by atoms with E-state index < -0.39 is 24.1 Å². The Kier molecular flexibility index (Phi) is 6.10. The molecule has 0 bridgehead atoms. The average Bonchev–Trinajstić information content (AvgIpc) is 2.41. The number of carboxylic acids is 1. The molecular formula is C14H19FN2O4. The van der Waals surface area contributed by atoms with E-state index in [4.69, 9.17) is 10.2 Å². The second-order valence-corrected chi connectivity index (χ2v) is 4.77. The SMILES string of the molecule is Cc1ccc(C(C)NC(=O)NCCC(O)C(=O)O)cc1F. The van der Waals surface area contributed by atoms with Gasteiger partial charge in [-0.1, -0.05) is 12.1 Å². The first-order valence-electron chi connectivity index (χ1n) is 6.52. The van der Waals surface area contributed by atoms with Crippen LogP contribution in [-0.2, 0) is 4.79 Å². The van der Waals surface area contributed by atoms with Crippen LogP contribution in [-0.4, -0.2) is 34.9 Å². The van der Waals surface area contributed by atoms with Gasteiger partial charge >= 0.3 is 12.0 Å². The minimum Gasteiger partial charge on any atom is -0.479 e. The summed E-state index contributed by atoms with van der Waals surface area (Å²) in [4.78, 5) is 22.0. The molecule has 116 valence electrons.